The lowest BCUT2D eigenvalue weighted by atomic mass is 9.91. The molecule has 0 saturated heterocycles. The number of carbonyl (C=O) groups excluding carboxylic acids is 1. The molecule has 0 saturated carbocycles. The number of anilines is 6. The normalized spacial score (nSPS) is 13.6. The quantitative estimate of drug-likeness (QED) is 0.308. The number of pyridine rings is 1. The van der Waals surface area contributed by atoms with Gasteiger partial charge in [0.15, 0.2) is 0 Å². The standard InChI is InChI=1S/C31H42N8O2/c1-10-28(40)34-22-17-23(26(41-11-2)18-24(22)38(9)15-14-37(7)8)35-30-32-13-12-27(36-30)39-19-31(5,6)29-25(39)16-20(3)21(4)33-29/h10,12-13,16-18H,1,11,14-15,19H2,2-9H3,(H,34,40)(H,32,35,36). The molecule has 1 amide bonds. The van der Waals surface area contributed by atoms with Crippen molar-refractivity contribution in [2.24, 2.45) is 0 Å². The number of hydrogen-bond donors (Lipinski definition) is 2. The van der Waals surface area contributed by atoms with E-state index in [4.69, 9.17) is 14.7 Å². The topological polar surface area (TPSA) is 98.8 Å². The van der Waals surface area contributed by atoms with E-state index in [1.54, 1.807) is 6.20 Å². The minimum atomic E-state index is -0.296. The van der Waals surface area contributed by atoms with Crippen LogP contribution in [0.25, 0.3) is 0 Å². The van der Waals surface area contributed by atoms with Gasteiger partial charge >= 0.3 is 0 Å². The fourth-order valence-corrected chi connectivity index (χ4v) is 4.85. The lowest BCUT2D eigenvalue weighted by Crippen LogP contribution is -2.29. The summed E-state index contributed by atoms with van der Waals surface area (Å²) in [4.78, 5) is 33.1. The number of nitrogens with zero attached hydrogens (tertiary/aromatic N) is 6. The first kappa shape index (κ1) is 29.8. The summed E-state index contributed by atoms with van der Waals surface area (Å²) in [7, 11) is 6.05. The maximum absolute atomic E-state index is 12.3. The molecule has 0 aliphatic carbocycles. The lowest BCUT2D eigenvalue weighted by Gasteiger charge is -2.26. The molecule has 0 unspecified atom stereocenters. The Morgan fingerprint density at radius 2 is 1.90 bits per heavy atom. The molecule has 3 heterocycles. The number of benzene rings is 1. The number of nitrogens with one attached hydrogen (secondary N) is 2. The summed E-state index contributed by atoms with van der Waals surface area (Å²) in [6, 6.07) is 7.89. The number of aromatic nitrogens is 3. The Bertz CT molecular complexity index is 1440. The van der Waals surface area contributed by atoms with Gasteiger partial charge in [-0.05, 0) is 64.7 Å². The highest BCUT2D eigenvalue weighted by Gasteiger charge is 2.38. The fraction of sp³-hybridized carbons (Fsp3) is 0.419. The second-order valence-electron chi connectivity index (χ2n) is 11.3. The number of hydrogen-bond acceptors (Lipinski definition) is 9. The molecule has 0 atom stereocenters. The first-order valence-corrected chi connectivity index (χ1v) is 13.9. The maximum Gasteiger partial charge on any atom is 0.247 e. The van der Waals surface area contributed by atoms with Crippen LogP contribution < -0.4 is 25.2 Å². The van der Waals surface area contributed by atoms with Gasteiger partial charge in [0.2, 0.25) is 11.9 Å². The van der Waals surface area contributed by atoms with Crippen molar-refractivity contribution in [3.05, 3.63) is 60.1 Å². The molecule has 10 heteroatoms. The van der Waals surface area contributed by atoms with E-state index in [1.165, 1.54) is 6.08 Å². The highest BCUT2D eigenvalue weighted by Crippen LogP contribution is 2.44. The van der Waals surface area contributed by atoms with Crippen molar-refractivity contribution < 1.29 is 9.53 Å². The summed E-state index contributed by atoms with van der Waals surface area (Å²) in [5.74, 6) is 1.53. The van der Waals surface area contributed by atoms with Crippen LogP contribution in [0.5, 0.6) is 5.75 Å². The van der Waals surface area contributed by atoms with Crippen LogP contribution in [0.4, 0.5) is 34.5 Å². The molecule has 1 aliphatic heterocycles. The summed E-state index contributed by atoms with van der Waals surface area (Å²) in [6.07, 6.45) is 3.00. The molecule has 1 aromatic carbocycles. The van der Waals surface area contributed by atoms with Crippen LogP contribution in [0, 0.1) is 13.8 Å². The van der Waals surface area contributed by atoms with Crippen LogP contribution in [0.1, 0.15) is 37.7 Å². The van der Waals surface area contributed by atoms with E-state index in [9.17, 15) is 4.79 Å². The monoisotopic (exact) mass is 558 g/mol. The average molecular weight is 559 g/mol. The van der Waals surface area contributed by atoms with Crippen LogP contribution in [0.2, 0.25) is 0 Å². The SMILES string of the molecule is C=CC(=O)Nc1cc(Nc2nccc(N3CC(C)(C)c4nc(C)c(C)cc43)n2)c(OCC)cc1N(C)CCN(C)C. The van der Waals surface area contributed by atoms with Crippen molar-refractivity contribution in [2.45, 2.75) is 40.0 Å². The Kier molecular flexibility index (Phi) is 8.82. The maximum atomic E-state index is 12.3. The van der Waals surface area contributed by atoms with Crippen LogP contribution in [0.3, 0.4) is 0 Å². The first-order valence-electron chi connectivity index (χ1n) is 13.9. The van der Waals surface area contributed by atoms with E-state index in [1.807, 2.05) is 53.2 Å². The van der Waals surface area contributed by atoms with Crippen LogP contribution in [-0.4, -0.2) is 73.1 Å². The molecule has 0 radical (unpaired) electrons. The van der Waals surface area contributed by atoms with E-state index in [0.717, 1.165) is 53.8 Å². The van der Waals surface area contributed by atoms with Gasteiger partial charge < -0.3 is 30.1 Å². The summed E-state index contributed by atoms with van der Waals surface area (Å²) >= 11 is 0. The Labute approximate surface area is 243 Å². The Morgan fingerprint density at radius 1 is 1.15 bits per heavy atom. The van der Waals surface area contributed by atoms with E-state index >= 15 is 0 Å². The van der Waals surface area contributed by atoms with Gasteiger partial charge in [-0.25, -0.2) is 4.98 Å². The molecule has 0 spiro atoms. The van der Waals surface area contributed by atoms with Crippen molar-refractivity contribution in [3.63, 3.8) is 0 Å². The molecular formula is C31H42N8O2. The van der Waals surface area contributed by atoms with Gasteiger partial charge in [0.05, 0.1) is 35.1 Å². The zero-order valence-corrected chi connectivity index (χ0v) is 25.5. The van der Waals surface area contributed by atoms with Crippen molar-refractivity contribution in [2.75, 3.05) is 67.8 Å². The number of fused-ring (bicyclic) bond motifs is 1. The predicted octanol–water partition coefficient (Wildman–Crippen LogP) is 5.18. The van der Waals surface area contributed by atoms with Crippen LogP contribution in [-0.2, 0) is 10.2 Å². The Hall–Kier alpha value is -4.18. The number of aryl methyl sites for hydroxylation is 2. The minimum absolute atomic E-state index is 0.124. The van der Waals surface area contributed by atoms with E-state index < -0.39 is 0 Å². The highest BCUT2D eigenvalue weighted by molar-refractivity contribution is 6.02. The minimum Gasteiger partial charge on any atom is -0.492 e. The molecule has 10 nitrogen and oxygen atoms in total. The second kappa shape index (κ2) is 12.1. The molecule has 2 N–H and O–H groups in total. The smallest absolute Gasteiger partial charge is 0.247 e. The molecule has 41 heavy (non-hydrogen) atoms. The fourth-order valence-electron chi connectivity index (χ4n) is 4.85. The van der Waals surface area contributed by atoms with Gasteiger partial charge in [0.1, 0.15) is 11.6 Å². The zero-order valence-electron chi connectivity index (χ0n) is 25.5. The van der Waals surface area contributed by atoms with Crippen LogP contribution >= 0.6 is 0 Å². The molecule has 3 aromatic rings. The number of amides is 1. The van der Waals surface area contributed by atoms with Gasteiger partial charge in [0, 0.05) is 50.1 Å². The number of ether oxygens (including phenoxy) is 1. The third kappa shape index (κ3) is 6.59. The van der Waals surface area contributed by atoms with Gasteiger partial charge in [-0.3, -0.25) is 9.78 Å². The molecule has 0 bridgehead atoms. The summed E-state index contributed by atoms with van der Waals surface area (Å²) in [6.45, 7) is 16.9. The molecule has 0 fully saturated rings. The second-order valence-corrected chi connectivity index (χ2v) is 11.3. The Balaban J connectivity index is 1.71. The largest absolute Gasteiger partial charge is 0.492 e. The summed E-state index contributed by atoms with van der Waals surface area (Å²) in [5.41, 5.74) is 6.31. The van der Waals surface area contributed by atoms with E-state index in [2.05, 4.69) is 63.7 Å². The molecular weight excluding hydrogens is 516 g/mol. The van der Waals surface area contributed by atoms with Gasteiger partial charge in [0.25, 0.3) is 0 Å². The number of rotatable bonds is 11. The number of carbonyl (C=O) groups is 1. The third-order valence-corrected chi connectivity index (χ3v) is 7.23. The van der Waals surface area contributed by atoms with Gasteiger partial charge in [-0.1, -0.05) is 20.4 Å². The van der Waals surface area contributed by atoms with Crippen molar-refractivity contribution in [3.8, 4) is 5.75 Å². The van der Waals surface area contributed by atoms with Crippen molar-refractivity contribution in [1.29, 1.82) is 0 Å². The van der Waals surface area contributed by atoms with Crippen molar-refractivity contribution >= 4 is 40.4 Å². The average Bonchev–Trinajstić information content (AvgIpc) is 3.18. The van der Waals surface area contributed by atoms with E-state index in [-0.39, 0.29) is 11.3 Å². The summed E-state index contributed by atoms with van der Waals surface area (Å²) < 4.78 is 6.03. The van der Waals surface area contributed by atoms with Crippen LogP contribution in [0.15, 0.2) is 43.1 Å². The molecule has 218 valence electrons. The number of likely N-dealkylation sites (N-methyl/N-ethyl adjacent to an activating group) is 2. The van der Waals surface area contributed by atoms with Gasteiger partial charge in [-0.2, -0.15) is 4.98 Å². The lowest BCUT2D eigenvalue weighted by molar-refractivity contribution is -0.111. The molecule has 1 aliphatic rings. The third-order valence-electron chi connectivity index (χ3n) is 7.23. The van der Waals surface area contributed by atoms with Gasteiger partial charge in [-0.15, -0.1) is 0 Å². The van der Waals surface area contributed by atoms with Crippen molar-refractivity contribution in [1.82, 2.24) is 19.9 Å². The summed E-state index contributed by atoms with van der Waals surface area (Å²) in [5, 5.41) is 6.29. The first-order chi connectivity index (χ1) is 19.4. The molecule has 2 aromatic heterocycles. The predicted molar refractivity (Wildman–Crippen MR) is 167 cm³/mol. The van der Waals surface area contributed by atoms with E-state index in [0.29, 0.717) is 29.7 Å². The Morgan fingerprint density at radius 3 is 2.59 bits per heavy atom. The highest BCUT2D eigenvalue weighted by atomic mass is 16.5. The zero-order chi connectivity index (χ0) is 29.9. The molecule has 4 rings (SSSR count).